The zero-order valence-corrected chi connectivity index (χ0v) is 14.8. The van der Waals surface area contributed by atoms with Crippen LogP contribution in [0.3, 0.4) is 0 Å². The van der Waals surface area contributed by atoms with Crippen molar-refractivity contribution in [2.45, 2.75) is 51.1 Å². The lowest BCUT2D eigenvalue weighted by Gasteiger charge is -2.16. The molecule has 1 heterocycles. The Balaban J connectivity index is 1.99. The van der Waals surface area contributed by atoms with Crippen molar-refractivity contribution in [2.24, 2.45) is 5.73 Å². The maximum absolute atomic E-state index is 14.5. The van der Waals surface area contributed by atoms with Crippen molar-refractivity contribution in [3.05, 3.63) is 39.9 Å². The Hall–Kier alpha value is -2.41. The first-order valence-electron chi connectivity index (χ1n) is 9.03. The zero-order chi connectivity index (χ0) is 18.8. The lowest BCUT2D eigenvalue weighted by atomic mass is 10.1. The fourth-order valence-electron chi connectivity index (χ4n) is 3.12. The number of carboxylic acid groups (broad SMARTS) is 1. The predicted molar refractivity (Wildman–Crippen MR) is 99.4 cm³/mol. The Kier molecular flexibility index (Phi) is 5.27. The van der Waals surface area contributed by atoms with Crippen LogP contribution in [0, 0.1) is 5.82 Å². The summed E-state index contributed by atoms with van der Waals surface area (Å²) in [4.78, 5) is 23.8. The van der Waals surface area contributed by atoms with Crippen molar-refractivity contribution in [1.82, 2.24) is 4.57 Å². The summed E-state index contributed by atoms with van der Waals surface area (Å²) in [7, 11) is 0. The topological polar surface area (TPSA) is 97.3 Å². The third-order valence-electron chi connectivity index (χ3n) is 4.77. The molecule has 26 heavy (non-hydrogen) atoms. The van der Waals surface area contributed by atoms with Crippen LogP contribution < -0.4 is 16.5 Å². The molecule has 6 nitrogen and oxygen atoms in total. The normalized spacial score (nSPS) is 15.2. The van der Waals surface area contributed by atoms with Crippen LogP contribution in [0.4, 0.5) is 10.1 Å². The van der Waals surface area contributed by atoms with E-state index in [-0.39, 0.29) is 28.7 Å². The standard InChI is InChI=1S/C19H24FN3O3/c1-2-3-4-11(21)9-22-16-8-17-13(7-15(16)20)18(24)14(19(25)26)10-23(17)12-5-6-12/h7-8,10-12,22H,2-6,9,21H2,1H3,(H,25,26). The average molecular weight is 361 g/mol. The molecule has 2 aromatic rings. The Labute approximate surface area is 150 Å². The molecule has 0 aliphatic heterocycles. The number of benzene rings is 1. The molecule has 1 saturated carbocycles. The number of carboxylic acids is 1. The molecule has 1 aromatic heterocycles. The molecule has 1 aliphatic carbocycles. The van der Waals surface area contributed by atoms with Crippen molar-refractivity contribution < 1.29 is 14.3 Å². The van der Waals surface area contributed by atoms with E-state index < -0.39 is 17.2 Å². The number of rotatable bonds is 8. The van der Waals surface area contributed by atoms with E-state index in [1.807, 2.05) is 0 Å². The number of aromatic carboxylic acids is 1. The SMILES string of the molecule is CCCCC(N)CNc1cc2c(cc1F)c(=O)c(C(=O)O)cn2C1CC1. The molecule has 1 aromatic carbocycles. The molecule has 1 unspecified atom stereocenters. The number of pyridine rings is 1. The number of carbonyl (C=O) groups is 1. The number of fused-ring (bicyclic) bond motifs is 1. The number of nitrogens with one attached hydrogen (secondary N) is 1. The maximum atomic E-state index is 14.5. The van der Waals surface area contributed by atoms with Crippen molar-refractivity contribution >= 4 is 22.6 Å². The molecule has 1 fully saturated rings. The predicted octanol–water partition coefficient (Wildman–Crippen LogP) is 3.10. The smallest absolute Gasteiger partial charge is 0.341 e. The number of nitrogens with zero attached hydrogens (tertiary/aromatic N) is 1. The highest BCUT2D eigenvalue weighted by Crippen LogP contribution is 2.37. The van der Waals surface area contributed by atoms with Gasteiger partial charge in [0, 0.05) is 30.2 Å². The summed E-state index contributed by atoms with van der Waals surface area (Å²) in [6, 6.07) is 2.79. The second-order valence-electron chi connectivity index (χ2n) is 6.95. The highest BCUT2D eigenvalue weighted by molar-refractivity contribution is 5.93. The summed E-state index contributed by atoms with van der Waals surface area (Å²) >= 11 is 0. The van der Waals surface area contributed by atoms with Gasteiger partial charge in [0.15, 0.2) is 0 Å². The van der Waals surface area contributed by atoms with Gasteiger partial charge in [-0.2, -0.15) is 0 Å². The molecular formula is C19H24FN3O3. The van der Waals surface area contributed by atoms with Gasteiger partial charge in [-0.05, 0) is 31.4 Å². The van der Waals surface area contributed by atoms with Gasteiger partial charge in [-0.15, -0.1) is 0 Å². The fraction of sp³-hybridized carbons (Fsp3) is 0.474. The molecule has 1 atom stereocenters. The molecule has 0 amide bonds. The minimum absolute atomic E-state index is 0.0786. The minimum atomic E-state index is -1.30. The zero-order valence-electron chi connectivity index (χ0n) is 14.8. The van der Waals surface area contributed by atoms with Crippen LogP contribution in [0.2, 0.25) is 0 Å². The fourth-order valence-corrected chi connectivity index (χ4v) is 3.12. The summed E-state index contributed by atoms with van der Waals surface area (Å²) in [5.74, 6) is -1.88. The minimum Gasteiger partial charge on any atom is -0.477 e. The summed E-state index contributed by atoms with van der Waals surface area (Å²) in [5, 5.41) is 12.4. The van der Waals surface area contributed by atoms with Gasteiger partial charge in [-0.25, -0.2) is 9.18 Å². The lowest BCUT2D eigenvalue weighted by Crippen LogP contribution is -2.29. The van der Waals surface area contributed by atoms with Crippen LogP contribution >= 0.6 is 0 Å². The second-order valence-corrected chi connectivity index (χ2v) is 6.95. The Morgan fingerprint density at radius 1 is 1.46 bits per heavy atom. The van der Waals surface area contributed by atoms with Gasteiger partial charge >= 0.3 is 5.97 Å². The van der Waals surface area contributed by atoms with Crippen LogP contribution in [-0.4, -0.2) is 28.2 Å². The number of hydrogen-bond acceptors (Lipinski definition) is 4. The summed E-state index contributed by atoms with van der Waals surface area (Å²) < 4.78 is 16.3. The Morgan fingerprint density at radius 2 is 2.19 bits per heavy atom. The van der Waals surface area contributed by atoms with Gasteiger partial charge in [0.05, 0.1) is 11.2 Å². The van der Waals surface area contributed by atoms with E-state index in [1.54, 1.807) is 10.6 Å². The van der Waals surface area contributed by atoms with Crippen molar-refractivity contribution in [3.8, 4) is 0 Å². The molecule has 1 aliphatic rings. The van der Waals surface area contributed by atoms with Crippen LogP contribution in [0.1, 0.15) is 55.4 Å². The van der Waals surface area contributed by atoms with E-state index in [2.05, 4.69) is 12.2 Å². The molecule has 3 rings (SSSR count). The van der Waals surface area contributed by atoms with Gasteiger partial charge in [-0.1, -0.05) is 19.8 Å². The number of hydrogen-bond donors (Lipinski definition) is 3. The number of unbranched alkanes of at least 4 members (excludes halogenated alkanes) is 1. The van der Waals surface area contributed by atoms with Crippen LogP contribution in [0.5, 0.6) is 0 Å². The molecule has 140 valence electrons. The van der Waals surface area contributed by atoms with Crippen molar-refractivity contribution in [2.75, 3.05) is 11.9 Å². The monoisotopic (exact) mass is 361 g/mol. The van der Waals surface area contributed by atoms with Gasteiger partial charge in [0.25, 0.3) is 0 Å². The number of halogens is 1. The summed E-state index contributed by atoms with van der Waals surface area (Å²) in [6.07, 6.45) is 6.13. The highest BCUT2D eigenvalue weighted by atomic mass is 19.1. The molecule has 0 radical (unpaired) electrons. The molecule has 7 heteroatoms. The molecular weight excluding hydrogens is 337 g/mol. The lowest BCUT2D eigenvalue weighted by molar-refractivity contribution is 0.0695. The Morgan fingerprint density at radius 3 is 2.81 bits per heavy atom. The molecule has 0 bridgehead atoms. The van der Waals surface area contributed by atoms with Crippen molar-refractivity contribution in [1.29, 1.82) is 0 Å². The number of aromatic nitrogens is 1. The summed E-state index contributed by atoms with van der Waals surface area (Å²) in [6.45, 7) is 2.52. The highest BCUT2D eigenvalue weighted by Gasteiger charge is 2.27. The molecule has 0 spiro atoms. The number of anilines is 1. The first kappa shape index (κ1) is 18.4. The first-order chi connectivity index (χ1) is 12.4. The quantitative estimate of drug-likeness (QED) is 0.671. The van der Waals surface area contributed by atoms with E-state index >= 15 is 0 Å². The van der Waals surface area contributed by atoms with Crippen LogP contribution in [0.25, 0.3) is 10.9 Å². The first-order valence-corrected chi connectivity index (χ1v) is 9.03. The van der Waals surface area contributed by atoms with Gasteiger partial charge < -0.3 is 20.7 Å². The summed E-state index contributed by atoms with van der Waals surface area (Å²) in [5.41, 5.74) is 5.87. The molecule has 4 N–H and O–H groups in total. The third kappa shape index (κ3) is 3.72. The maximum Gasteiger partial charge on any atom is 0.341 e. The van der Waals surface area contributed by atoms with Crippen LogP contribution in [-0.2, 0) is 0 Å². The Bertz CT molecular complexity index is 890. The van der Waals surface area contributed by atoms with Gasteiger partial charge in [0.2, 0.25) is 5.43 Å². The van der Waals surface area contributed by atoms with E-state index in [1.165, 1.54) is 6.20 Å². The van der Waals surface area contributed by atoms with E-state index in [4.69, 9.17) is 5.73 Å². The van der Waals surface area contributed by atoms with Crippen molar-refractivity contribution in [3.63, 3.8) is 0 Å². The third-order valence-corrected chi connectivity index (χ3v) is 4.77. The van der Waals surface area contributed by atoms with E-state index in [0.29, 0.717) is 12.1 Å². The molecule has 0 saturated heterocycles. The largest absolute Gasteiger partial charge is 0.477 e. The van der Waals surface area contributed by atoms with Gasteiger partial charge in [-0.3, -0.25) is 4.79 Å². The van der Waals surface area contributed by atoms with Gasteiger partial charge in [0.1, 0.15) is 11.4 Å². The second kappa shape index (κ2) is 7.45. The van der Waals surface area contributed by atoms with E-state index in [9.17, 15) is 19.1 Å². The van der Waals surface area contributed by atoms with Crippen LogP contribution in [0.15, 0.2) is 23.1 Å². The van der Waals surface area contributed by atoms with E-state index in [0.717, 1.165) is 38.2 Å². The average Bonchev–Trinajstić information content (AvgIpc) is 3.43. The number of nitrogens with two attached hydrogens (primary N) is 1.